The Kier molecular flexibility index (Phi) is 8.42. The summed E-state index contributed by atoms with van der Waals surface area (Å²) in [6.07, 6.45) is 0. The normalized spacial score (nSPS) is 11.6. The molecule has 3 rings (SSSR count). The third-order valence-electron chi connectivity index (χ3n) is 4.90. The largest absolute Gasteiger partial charge is 0.497 e. The molecule has 34 heavy (non-hydrogen) atoms. The van der Waals surface area contributed by atoms with Crippen molar-refractivity contribution in [3.05, 3.63) is 47.5 Å². The second-order valence-corrected chi connectivity index (χ2v) is 10.3. The molecule has 0 bridgehead atoms. The number of methoxy groups -OCH3 is 1. The number of anilines is 1. The van der Waals surface area contributed by atoms with Gasteiger partial charge in [-0.1, -0.05) is 37.2 Å². The van der Waals surface area contributed by atoms with Gasteiger partial charge in [0, 0.05) is 18.7 Å². The standard InChI is InChI=1S/C21H25ClN6O4S2/c1-4-27(5-2)34(30,31)16-10-11-17(22)18(12-16)24-19(29)13-33-21-26-25-20(28(21)23)14-6-8-15(32-3)9-7-14/h6-12H,4-5,13,23H2,1-3H3,(H,24,29). The topological polar surface area (TPSA) is 132 Å². The number of carbonyl (C=O) groups excluding carboxylic acids is 1. The van der Waals surface area contributed by atoms with Gasteiger partial charge in [-0.05, 0) is 42.5 Å². The van der Waals surface area contributed by atoms with Crippen molar-refractivity contribution < 1.29 is 17.9 Å². The van der Waals surface area contributed by atoms with E-state index in [4.69, 9.17) is 22.2 Å². The molecule has 182 valence electrons. The van der Waals surface area contributed by atoms with Gasteiger partial charge in [0.2, 0.25) is 21.1 Å². The molecule has 0 saturated heterocycles. The molecule has 0 aliphatic carbocycles. The van der Waals surface area contributed by atoms with Gasteiger partial charge in [-0.15, -0.1) is 10.2 Å². The molecule has 0 aliphatic heterocycles. The molecule has 0 atom stereocenters. The molecule has 0 fully saturated rings. The summed E-state index contributed by atoms with van der Waals surface area (Å²) in [5.74, 6) is 6.79. The lowest BCUT2D eigenvalue weighted by Crippen LogP contribution is -2.30. The molecule has 0 radical (unpaired) electrons. The van der Waals surface area contributed by atoms with Crippen LogP contribution in [0.15, 0.2) is 52.5 Å². The molecule has 0 spiro atoms. The number of rotatable bonds is 10. The Morgan fingerprint density at radius 2 is 1.85 bits per heavy atom. The van der Waals surface area contributed by atoms with E-state index >= 15 is 0 Å². The summed E-state index contributed by atoms with van der Waals surface area (Å²) >= 11 is 7.27. The van der Waals surface area contributed by atoms with Gasteiger partial charge in [-0.2, -0.15) is 4.31 Å². The lowest BCUT2D eigenvalue weighted by Gasteiger charge is -2.19. The first kappa shape index (κ1) is 25.8. The minimum atomic E-state index is -3.69. The van der Waals surface area contributed by atoms with Crippen molar-refractivity contribution in [2.45, 2.75) is 23.9 Å². The summed E-state index contributed by atoms with van der Waals surface area (Å²) in [6.45, 7) is 4.18. The van der Waals surface area contributed by atoms with Crippen molar-refractivity contribution in [1.82, 2.24) is 19.2 Å². The van der Waals surface area contributed by atoms with Crippen LogP contribution in [0.2, 0.25) is 5.02 Å². The third-order valence-corrected chi connectivity index (χ3v) is 8.22. The van der Waals surface area contributed by atoms with Crippen molar-refractivity contribution in [2.75, 3.05) is 37.1 Å². The first-order valence-electron chi connectivity index (χ1n) is 10.3. The quantitative estimate of drug-likeness (QED) is 0.305. The van der Waals surface area contributed by atoms with E-state index in [1.165, 1.54) is 27.2 Å². The molecule has 1 heterocycles. The predicted molar refractivity (Wildman–Crippen MR) is 133 cm³/mol. The molecule has 0 unspecified atom stereocenters. The number of nitrogen functional groups attached to an aromatic ring is 1. The SMILES string of the molecule is CCN(CC)S(=O)(=O)c1ccc(Cl)c(NC(=O)CSc2nnc(-c3ccc(OC)cc3)n2N)c1. The number of benzene rings is 2. The van der Waals surface area contributed by atoms with Crippen molar-refractivity contribution in [3.63, 3.8) is 0 Å². The molecule has 3 aromatic rings. The second kappa shape index (κ2) is 11.1. The molecule has 0 saturated carbocycles. The zero-order valence-corrected chi connectivity index (χ0v) is 21.2. The van der Waals surface area contributed by atoms with Crippen LogP contribution < -0.4 is 15.9 Å². The molecule has 10 nitrogen and oxygen atoms in total. The highest BCUT2D eigenvalue weighted by Crippen LogP contribution is 2.28. The first-order valence-corrected chi connectivity index (χ1v) is 13.1. The van der Waals surface area contributed by atoms with E-state index in [2.05, 4.69) is 15.5 Å². The number of sulfonamides is 1. The van der Waals surface area contributed by atoms with Crippen LogP contribution in [0.4, 0.5) is 5.69 Å². The van der Waals surface area contributed by atoms with Gasteiger partial charge in [-0.3, -0.25) is 4.79 Å². The van der Waals surface area contributed by atoms with Crippen molar-refractivity contribution >= 4 is 45.0 Å². The number of halogens is 1. The van der Waals surface area contributed by atoms with E-state index < -0.39 is 15.9 Å². The number of hydrogen-bond donors (Lipinski definition) is 2. The summed E-state index contributed by atoms with van der Waals surface area (Å²) < 4.78 is 33.3. The molecule has 2 aromatic carbocycles. The molecule has 1 aromatic heterocycles. The van der Waals surface area contributed by atoms with E-state index in [1.807, 2.05) is 0 Å². The number of aromatic nitrogens is 3. The summed E-state index contributed by atoms with van der Waals surface area (Å²) in [7, 11) is -2.12. The fraction of sp³-hybridized carbons (Fsp3) is 0.286. The maximum Gasteiger partial charge on any atom is 0.243 e. The van der Waals surface area contributed by atoms with Crippen LogP contribution >= 0.6 is 23.4 Å². The van der Waals surface area contributed by atoms with E-state index in [-0.39, 0.29) is 21.4 Å². The first-order chi connectivity index (χ1) is 16.2. The van der Waals surface area contributed by atoms with Gasteiger partial charge >= 0.3 is 0 Å². The number of nitrogens with one attached hydrogen (secondary N) is 1. The number of hydrogen-bond acceptors (Lipinski definition) is 8. The van der Waals surface area contributed by atoms with Crippen LogP contribution in [0.1, 0.15) is 13.8 Å². The Hall–Kier alpha value is -2.80. The maximum atomic E-state index is 12.8. The number of amides is 1. The highest BCUT2D eigenvalue weighted by atomic mass is 35.5. The Balaban J connectivity index is 1.69. The van der Waals surface area contributed by atoms with Gasteiger partial charge in [0.1, 0.15) is 5.75 Å². The van der Waals surface area contributed by atoms with Crippen molar-refractivity contribution in [3.8, 4) is 17.1 Å². The number of nitrogens with two attached hydrogens (primary N) is 1. The zero-order valence-electron chi connectivity index (χ0n) is 18.9. The summed E-state index contributed by atoms with van der Waals surface area (Å²) in [6, 6.07) is 11.4. The zero-order chi connectivity index (χ0) is 24.9. The van der Waals surface area contributed by atoms with Crippen LogP contribution in [0.3, 0.4) is 0 Å². The van der Waals surface area contributed by atoms with Gasteiger partial charge in [-0.25, -0.2) is 13.1 Å². The number of carbonyl (C=O) groups is 1. The molecule has 1 amide bonds. The fourth-order valence-electron chi connectivity index (χ4n) is 3.10. The highest BCUT2D eigenvalue weighted by molar-refractivity contribution is 7.99. The summed E-state index contributed by atoms with van der Waals surface area (Å²) in [4.78, 5) is 12.6. The average Bonchev–Trinajstić information content (AvgIpc) is 3.19. The number of nitrogens with zero attached hydrogens (tertiary/aromatic N) is 4. The predicted octanol–water partition coefficient (Wildman–Crippen LogP) is 3.08. The number of thioether (sulfide) groups is 1. The summed E-state index contributed by atoms with van der Waals surface area (Å²) in [5, 5.41) is 11.3. The summed E-state index contributed by atoms with van der Waals surface area (Å²) in [5.41, 5.74) is 0.943. The third kappa shape index (κ3) is 5.63. The van der Waals surface area contributed by atoms with E-state index in [9.17, 15) is 13.2 Å². The van der Waals surface area contributed by atoms with Gasteiger partial charge in [0.25, 0.3) is 0 Å². The molecular weight excluding hydrogens is 500 g/mol. The minimum absolute atomic E-state index is 0.0404. The maximum absolute atomic E-state index is 12.8. The van der Waals surface area contributed by atoms with E-state index in [0.29, 0.717) is 29.8 Å². The monoisotopic (exact) mass is 524 g/mol. The Labute approximate surface area is 207 Å². The highest BCUT2D eigenvalue weighted by Gasteiger charge is 2.23. The smallest absolute Gasteiger partial charge is 0.243 e. The minimum Gasteiger partial charge on any atom is -0.497 e. The second-order valence-electron chi connectivity index (χ2n) is 6.97. The fourth-order valence-corrected chi connectivity index (χ4v) is 5.41. The van der Waals surface area contributed by atoms with Crippen LogP contribution in [0, 0.1) is 0 Å². The van der Waals surface area contributed by atoms with Gasteiger partial charge < -0.3 is 15.9 Å². The molecular formula is C21H25ClN6O4S2. The van der Waals surface area contributed by atoms with E-state index in [1.54, 1.807) is 45.2 Å². The lowest BCUT2D eigenvalue weighted by atomic mass is 10.2. The van der Waals surface area contributed by atoms with Crippen LogP contribution in [0.5, 0.6) is 5.75 Å². The Bertz CT molecular complexity index is 1260. The van der Waals surface area contributed by atoms with Gasteiger partial charge in [0.15, 0.2) is 5.82 Å². The van der Waals surface area contributed by atoms with Gasteiger partial charge in [0.05, 0.1) is 28.5 Å². The Morgan fingerprint density at radius 1 is 1.18 bits per heavy atom. The van der Waals surface area contributed by atoms with Crippen LogP contribution in [-0.4, -0.2) is 59.5 Å². The van der Waals surface area contributed by atoms with E-state index in [0.717, 1.165) is 17.3 Å². The van der Waals surface area contributed by atoms with Crippen molar-refractivity contribution in [1.29, 1.82) is 0 Å². The molecule has 13 heteroatoms. The average molecular weight is 525 g/mol. The van der Waals surface area contributed by atoms with Crippen molar-refractivity contribution in [2.24, 2.45) is 0 Å². The molecule has 0 aliphatic rings. The number of ether oxygens (including phenoxy) is 1. The lowest BCUT2D eigenvalue weighted by molar-refractivity contribution is -0.113. The van der Waals surface area contributed by atoms with Crippen LogP contribution in [0.25, 0.3) is 11.4 Å². The Morgan fingerprint density at radius 3 is 2.47 bits per heavy atom. The molecule has 3 N–H and O–H groups in total. The van der Waals surface area contributed by atoms with Crippen LogP contribution in [-0.2, 0) is 14.8 Å².